The second kappa shape index (κ2) is 7.21. The van der Waals surface area contributed by atoms with Crippen LogP contribution in [0.4, 0.5) is 5.69 Å². The summed E-state index contributed by atoms with van der Waals surface area (Å²) in [5, 5.41) is 15.4. The van der Waals surface area contributed by atoms with Crippen molar-refractivity contribution in [3.8, 4) is 0 Å². The molecule has 1 fully saturated rings. The van der Waals surface area contributed by atoms with Crippen LogP contribution >= 0.6 is 0 Å². The molecule has 0 spiro atoms. The van der Waals surface area contributed by atoms with E-state index in [1.807, 2.05) is 6.92 Å². The fraction of sp³-hybridized carbons (Fsp3) is 0.643. The minimum Gasteiger partial charge on any atom is -0.480 e. The fourth-order valence-electron chi connectivity index (χ4n) is 2.55. The van der Waals surface area contributed by atoms with Gasteiger partial charge in [0.2, 0.25) is 5.91 Å². The van der Waals surface area contributed by atoms with Crippen LogP contribution in [0, 0.1) is 0 Å². The summed E-state index contributed by atoms with van der Waals surface area (Å²) >= 11 is 0. The Balaban J connectivity index is 1.90. The molecular weight excluding hydrogens is 272 g/mol. The number of aliphatic carboxylic acids is 1. The number of carbonyl (C=O) groups excluding carboxylic acids is 1. The monoisotopic (exact) mass is 294 g/mol. The number of carboxylic acids is 1. The van der Waals surface area contributed by atoms with E-state index in [2.05, 4.69) is 15.3 Å². The van der Waals surface area contributed by atoms with Gasteiger partial charge in [0.25, 0.3) is 0 Å². The lowest BCUT2D eigenvalue weighted by Crippen LogP contribution is -2.42. The smallest absolute Gasteiger partial charge is 0.325 e. The van der Waals surface area contributed by atoms with Gasteiger partial charge in [-0.3, -0.25) is 19.2 Å². The van der Waals surface area contributed by atoms with Crippen molar-refractivity contribution in [3.05, 3.63) is 12.4 Å². The number of carbonyl (C=O) groups is 2. The van der Waals surface area contributed by atoms with Gasteiger partial charge in [-0.25, -0.2) is 0 Å². The molecule has 1 aromatic rings. The molecule has 7 nitrogen and oxygen atoms in total. The molecule has 116 valence electrons. The molecular formula is C14H22N4O3. The van der Waals surface area contributed by atoms with E-state index in [4.69, 9.17) is 5.11 Å². The van der Waals surface area contributed by atoms with Crippen molar-refractivity contribution in [1.29, 1.82) is 0 Å². The van der Waals surface area contributed by atoms with Gasteiger partial charge in [-0.05, 0) is 32.9 Å². The van der Waals surface area contributed by atoms with Gasteiger partial charge in [-0.15, -0.1) is 0 Å². The minimum atomic E-state index is -0.964. The van der Waals surface area contributed by atoms with Crippen molar-refractivity contribution in [2.75, 3.05) is 18.4 Å². The lowest BCUT2D eigenvalue weighted by atomic mass is 10.2. The molecule has 1 amide bonds. The minimum absolute atomic E-state index is 0.0771. The number of nitrogens with one attached hydrogen (secondary N) is 1. The van der Waals surface area contributed by atoms with E-state index in [9.17, 15) is 9.59 Å². The first-order chi connectivity index (χ1) is 10.1. The Hall–Kier alpha value is -1.89. The summed E-state index contributed by atoms with van der Waals surface area (Å²) in [6.07, 6.45) is 7.72. The summed E-state index contributed by atoms with van der Waals surface area (Å²) in [6, 6.07) is -0.189. The van der Waals surface area contributed by atoms with Crippen LogP contribution in [0.2, 0.25) is 0 Å². The highest BCUT2D eigenvalue weighted by atomic mass is 16.4. The predicted molar refractivity (Wildman–Crippen MR) is 78.0 cm³/mol. The number of amides is 1. The van der Waals surface area contributed by atoms with Crippen LogP contribution in [0.15, 0.2) is 12.4 Å². The Kier molecular flexibility index (Phi) is 5.32. The number of rotatable bonds is 5. The van der Waals surface area contributed by atoms with Crippen LogP contribution < -0.4 is 5.32 Å². The van der Waals surface area contributed by atoms with Crippen molar-refractivity contribution >= 4 is 17.6 Å². The third-order valence-corrected chi connectivity index (χ3v) is 3.77. The van der Waals surface area contributed by atoms with Gasteiger partial charge >= 0.3 is 5.97 Å². The second-order valence-corrected chi connectivity index (χ2v) is 5.44. The second-order valence-electron chi connectivity index (χ2n) is 5.44. The van der Waals surface area contributed by atoms with Crippen molar-refractivity contribution < 1.29 is 14.7 Å². The van der Waals surface area contributed by atoms with Crippen LogP contribution in [0.3, 0.4) is 0 Å². The highest BCUT2D eigenvalue weighted by Gasteiger charge is 2.22. The van der Waals surface area contributed by atoms with Gasteiger partial charge in [0, 0.05) is 6.20 Å². The number of aromatic nitrogens is 2. The molecule has 1 unspecified atom stereocenters. The molecule has 21 heavy (non-hydrogen) atoms. The molecule has 0 radical (unpaired) electrons. The molecule has 0 bridgehead atoms. The molecule has 1 atom stereocenters. The van der Waals surface area contributed by atoms with Crippen LogP contribution in [-0.4, -0.2) is 50.8 Å². The Morgan fingerprint density at radius 1 is 1.33 bits per heavy atom. The summed E-state index contributed by atoms with van der Waals surface area (Å²) < 4.78 is 1.29. The lowest BCUT2D eigenvalue weighted by Gasteiger charge is -2.26. The Morgan fingerprint density at radius 3 is 2.62 bits per heavy atom. The van der Waals surface area contributed by atoms with E-state index in [0.717, 1.165) is 25.9 Å². The summed E-state index contributed by atoms with van der Waals surface area (Å²) in [7, 11) is 0. The van der Waals surface area contributed by atoms with E-state index < -0.39 is 5.97 Å². The maximum atomic E-state index is 12.2. The molecule has 1 aromatic heterocycles. The summed E-state index contributed by atoms with van der Waals surface area (Å²) in [6.45, 7) is 3.60. The van der Waals surface area contributed by atoms with Gasteiger partial charge in [-0.1, -0.05) is 12.8 Å². The van der Waals surface area contributed by atoms with Gasteiger partial charge < -0.3 is 10.4 Å². The van der Waals surface area contributed by atoms with E-state index in [1.165, 1.54) is 29.9 Å². The molecule has 1 aliphatic heterocycles. The zero-order valence-electron chi connectivity index (χ0n) is 12.3. The fourth-order valence-corrected chi connectivity index (χ4v) is 2.55. The van der Waals surface area contributed by atoms with Crippen LogP contribution in [0.5, 0.6) is 0 Å². The van der Waals surface area contributed by atoms with E-state index in [1.54, 1.807) is 0 Å². The zero-order valence-corrected chi connectivity index (χ0v) is 12.3. The van der Waals surface area contributed by atoms with Crippen molar-refractivity contribution in [1.82, 2.24) is 14.7 Å². The molecule has 0 aliphatic carbocycles. The van der Waals surface area contributed by atoms with Gasteiger partial charge in [-0.2, -0.15) is 5.10 Å². The normalized spacial score (nSPS) is 18.0. The molecule has 7 heteroatoms. The standard InChI is InChI=1S/C14H22N4O3/c1-11(17-6-4-2-3-5-7-17)14(21)16-12-8-15-18(9-12)10-13(19)20/h8-9,11H,2-7,10H2,1H3,(H,16,21)(H,19,20). The van der Waals surface area contributed by atoms with Crippen molar-refractivity contribution in [2.45, 2.75) is 45.2 Å². The first-order valence-electron chi connectivity index (χ1n) is 7.35. The SMILES string of the molecule is CC(C(=O)Nc1cnn(CC(=O)O)c1)N1CCCCCC1. The maximum Gasteiger partial charge on any atom is 0.325 e. The lowest BCUT2D eigenvalue weighted by molar-refractivity contribution is -0.137. The Labute approximate surface area is 123 Å². The Bertz CT molecular complexity index is 492. The predicted octanol–water partition coefficient (Wildman–Crippen LogP) is 1.17. The largest absolute Gasteiger partial charge is 0.480 e. The van der Waals surface area contributed by atoms with Gasteiger partial charge in [0.1, 0.15) is 6.54 Å². The first-order valence-corrected chi connectivity index (χ1v) is 7.35. The van der Waals surface area contributed by atoms with Crippen LogP contribution in [0.25, 0.3) is 0 Å². The van der Waals surface area contributed by atoms with E-state index >= 15 is 0 Å². The molecule has 0 aromatic carbocycles. The average Bonchev–Trinajstić information content (AvgIpc) is 2.71. The van der Waals surface area contributed by atoms with Crippen molar-refractivity contribution in [2.24, 2.45) is 0 Å². The van der Waals surface area contributed by atoms with Crippen LogP contribution in [-0.2, 0) is 16.1 Å². The molecule has 2 rings (SSSR count). The third-order valence-electron chi connectivity index (χ3n) is 3.77. The van der Waals surface area contributed by atoms with Gasteiger partial charge in [0.15, 0.2) is 0 Å². The van der Waals surface area contributed by atoms with Crippen LogP contribution in [0.1, 0.15) is 32.6 Å². The average molecular weight is 294 g/mol. The Morgan fingerprint density at radius 2 is 2.00 bits per heavy atom. The first kappa shape index (κ1) is 15.5. The number of anilines is 1. The number of carboxylic acid groups (broad SMARTS) is 1. The topological polar surface area (TPSA) is 87.5 Å². The number of nitrogens with zero attached hydrogens (tertiary/aromatic N) is 3. The molecule has 2 heterocycles. The molecule has 0 saturated carbocycles. The van der Waals surface area contributed by atoms with Crippen molar-refractivity contribution in [3.63, 3.8) is 0 Å². The quantitative estimate of drug-likeness (QED) is 0.851. The van der Waals surface area contributed by atoms with Gasteiger partial charge in [0.05, 0.1) is 17.9 Å². The molecule has 1 aliphatic rings. The highest BCUT2D eigenvalue weighted by Crippen LogP contribution is 2.14. The summed E-state index contributed by atoms with van der Waals surface area (Å²) in [5.41, 5.74) is 0.530. The number of hydrogen-bond donors (Lipinski definition) is 2. The molecule has 1 saturated heterocycles. The maximum absolute atomic E-state index is 12.2. The number of likely N-dealkylation sites (tertiary alicyclic amines) is 1. The van der Waals surface area contributed by atoms with E-state index in [0.29, 0.717) is 5.69 Å². The number of hydrogen-bond acceptors (Lipinski definition) is 4. The zero-order chi connectivity index (χ0) is 15.2. The summed E-state index contributed by atoms with van der Waals surface area (Å²) in [5.74, 6) is -1.04. The van der Waals surface area contributed by atoms with E-state index in [-0.39, 0.29) is 18.5 Å². The highest BCUT2D eigenvalue weighted by molar-refractivity contribution is 5.94. The third kappa shape index (κ3) is 4.56. The summed E-state index contributed by atoms with van der Waals surface area (Å²) in [4.78, 5) is 25.0. The molecule has 2 N–H and O–H groups in total.